The van der Waals surface area contributed by atoms with Crippen LogP contribution in [0.2, 0.25) is 5.02 Å². The number of thioether (sulfide) groups is 1. The van der Waals surface area contributed by atoms with Crippen LogP contribution in [0, 0.1) is 5.82 Å². The van der Waals surface area contributed by atoms with Crippen LogP contribution in [0.1, 0.15) is 18.1 Å². The van der Waals surface area contributed by atoms with E-state index in [0.29, 0.717) is 29.6 Å². The highest BCUT2D eigenvalue weighted by Crippen LogP contribution is 2.29. The Bertz CT molecular complexity index is 1180. The van der Waals surface area contributed by atoms with Gasteiger partial charge in [0.1, 0.15) is 5.82 Å². The Morgan fingerprint density at radius 2 is 2.03 bits per heavy atom. The summed E-state index contributed by atoms with van der Waals surface area (Å²) in [5, 5.41) is 8.59. The summed E-state index contributed by atoms with van der Waals surface area (Å²) < 4.78 is 19.3. The van der Waals surface area contributed by atoms with Crippen LogP contribution in [0.15, 0.2) is 62.8 Å². The molecule has 0 saturated carbocycles. The molecule has 10 heteroatoms. The average Bonchev–Trinajstić information content (AvgIpc) is 3.44. The van der Waals surface area contributed by atoms with Crippen molar-refractivity contribution in [3.63, 3.8) is 0 Å². The Balaban J connectivity index is 1.25. The second-order valence-electron chi connectivity index (χ2n) is 6.43. The summed E-state index contributed by atoms with van der Waals surface area (Å²) in [6, 6.07) is 14.0. The second-order valence-corrected chi connectivity index (χ2v) is 8.92. The highest BCUT2D eigenvalue weighted by molar-refractivity contribution is 8.00. The number of benzene rings is 2. The Hall–Kier alpha value is -2.75. The lowest BCUT2D eigenvalue weighted by atomic mass is 10.2. The van der Waals surface area contributed by atoms with Gasteiger partial charge < -0.3 is 9.84 Å². The van der Waals surface area contributed by atoms with Crippen LogP contribution < -0.4 is 5.32 Å². The van der Waals surface area contributed by atoms with E-state index < -0.39 is 5.82 Å². The molecule has 0 aliphatic rings. The Morgan fingerprint density at radius 1 is 1.19 bits per heavy atom. The minimum atomic E-state index is -0.537. The van der Waals surface area contributed by atoms with Gasteiger partial charge >= 0.3 is 0 Å². The lowest BCUT2D eigenvalue weighted by Gasteiger charge is -2.04. The first-order valence-electron chi connectivity index (χ1n) is 9.27. The van der Waals surface area contributed by atoms with E-state index >= 15 is 0 Å². The van der Waals surface area contributed by atoms with Gasteiger partial charge in [-0.3, -0.25) is 4.79 Å². The summed E-state index contributed by atoms with van der Waals surface area (Å²) in [6.07, 6.45) is 0.449. The molecule has 4 rings (SSSR count). The fraction of sp³-hybridized carbons (Fsp3) is 0.143. The van der Waals surface area contributed by atoms with Crippen molar-refractivity contribution in [1.29, 1.82) is 0 Å². The number of carbonyl (C=O) groups is 1. The van der Waals surface area contributed by atoms with E-state index in [2.05, 4.69) is 20.4 Å². The Kier molecular flexibility index (Phi) is 6.96. The quantitative estimate of drug-likeness (QED) is 0.323. The second kappa shape index (κ2) is 10.0. The lowest BCUT2D eigenvalue weighted by Crippen LogP contribution is -2.12. The molecule has 2 aromatic carbocycles. The third-order valence-electron chi connectivity index (χ3n) is 4.16. The van der Waals surface area contributed by atoms with Crippen LogP contribution in [0.5, 0.6) is 0 Å². The molecule has 0 spiro atoms. The largest absolute Gasteiger partial charge is 0.339 e. The van der Waals surface area contributed by atoms with E-state index in [4.69, 9.17) is 16.1 Å². The standard InChI is InChI=1S/C21H16ClFN4O2S2/c22-15-10-14(6-7-16(15)23)24-19(28)8-9-20-26-18(27-29-20)12-31-21-25-17(11-30-21)13-4-2-1-3-5-13/h1-7,10-11H,8-9,12H2,(H,24,28). The summed E-state index contributed by atoms with van der Waals surface area (Å²) in [5.41, 5.74) is 2.45. The van der Waals surface area contributed by atoms with Crippen molar-refractivity contribution < 1.29 is 13.7 Å². The molecule has 2 heterocycles. The molecule has 0 bridgehead atoms. The maximum atomic E-state index is 13.2. The number of nitrogens with zero attached hydrogens (tertiary/aromatic N) is 3. The Labute approximate surface area is 190 Å². The van der Waals surface area contributed by atoms with Crippen molar-refractivity contribution in [2.75, 3.05) is 5.32 Å². The van der Waals surface area contributed by atoms with Crippen molar-refractivity contribution >= 4 is 46.3 Å². The van der Waals surface area contributed by atoms with Gasteiger partial charge in [0.15, 0.2) is 10.2 Å². The predicted molar refractivity (Wildman–Crippen MR) is 120 cm³/mol. The summed E-state index contributed by atoms with van der Waals surface area (Å²) in [5.74, 6) is 0.651. The van der Waals surface area contributed by atoms with Crippen LogP contribution in [0.4, 0.5) is 10.1 Å². The smallest absolute Gasteiger partial charge is 0.227 e. The van der Waals surface area contributed by atoms with E-state index in [-0.39, 0.29) is 17.4 Å². The zero-order valence-corrected chi connectivity index (χ0v) is 18.4. The number of thiazole rings is 1. The van der Waals surface area contributed by atoms with Crippen LogP contribution in [-0.2, 0) is 17.0 Å². The summed E-state index contributed by atoms with van der Waals surface area (Å²) in [7, 11) is 0. The first-order chi connectivity index (χ1) is 15.1. The van der Waals surface area contributed by atoms with Crippen LogP contribution >= 0.6 is 34.7 Å². The number of anilines is 1. The molecule has 0 fully saturated rings. The van der Waals surface area contributed by atoms with E-state index in [1.165, 1.54) is 30.0 Å². The normalized spacial score (nSPS) is 10.9. The van der Waals surface area contributed by atoms with E-state index in [1.54, 1.807) is 11.3 Å². The third kappa shape index (κ3) is 5.90. The SMILES string of the molecule is O=C(CCc1nc(CSc2nc(-c3ccccc3)cs2)no1)Nc1ccc(F)c(Cl)c1. The molecular weight excluding hydrogens is 459 g/mol. The molecule has 0 saturated heterocycles. The maximum Gasteiger partial charge on any atom is 0.227 e. The van der Waals surface area contributed by atoms with E-state index in [1.807, 2.05) is 35.7 Å². The molecular formula is C21H16ClFN4O2S2. The fourth-order valence-corrected chi connectivity index (χ4v) is 4.52. The molecule has 0 radical (unpaired) electrons. The maximum absolute atomic E-state index is 13.2. The molecule has 31 heavy (non-hydrogen) atoms. The van der Waals surface area contributed by atoms with Gasteiger partial charge in [-0.15, -0.1) is 11.3 Å². The number of aryl methyl sites for hydroxylation is 1. The van der Waals surface area contributed by atoms with Gasteiger partial charge in [0.2, 0.25) is 11.8 Å². The van der Waals surface area contributed by atoms with Gasteiger partial charge in [-0.2, -0.15) is 4.98 Å². The molecule has 1 N–H and O–H groups in total. The van der Waals surface area contributed by atoms with Crippen molar-refractivity contribution in [3.8, 4) is 11.3 Å². The van der Waals surface area contributed by atoms with Crippen molar-refractivity contribution in [2.24, 2.45) is 0 Å². The molecule has 6 nitrogen and oxygen atoms in total. The Morgan fingerprint density at radius 3 is 2.84 bits per heavy atom. The topological polar surface area (TPSA) is 80.9 Å². The molecule has 0 aliphatic heterocycles. The van der Waals surface area contributed by atoms with Crippen molar-refractivity contribution in [3.05, 3.63) is 76.5 Å². The van der Waals surface area contributed by atoms with Crippen LogP contribution in [0.3, 0.4) is 0 Å². The van der Waals surface area contributed by atoms with Crippen molar-refractivity contribution in [2.45, 2.75) is 22.9 Å². The van der Waals surface area contributed by atoms with E-state index in [9.17, 15) is 9.18 Å². The van der Waals surface area contributed by atoms with Gasteiger partial charge in [0.25, 0.3) is 0 Å². The number of amides is 1. The highest BCUT2D eigenvalue weighted by Gasteiger charge is 2.12. The fourth-order valence-electron chi connectivity index (χ4n) is 2.66. The first-order valence-corrected chi connectivity index (χ1v) is 11.5. The monoisotopic (exact) mass is 474 g/mol. The number of carbonyl (C=O) groups excluding carboxylic acids is 1. The number of rotatable bonds is 8. The number of hydrogen-bond donors (Lipinski definition) is 1. The van der Waals surface area contributed by atoms with Crippen molar-refractivity contribution in [1.82, 2.24) is 15.1 Å². The summed E-state index contributed by atoms with van der Waals surface area (Å²) in [6.45, 7) is 0. The number of halogens is 2. The molecule has 0 unspecified atom stereocenters. The molecule has 1 amide bonds. The van der Waals surface area contributed by atoms with Gasteiger partial charge in [-0.1, -0.05) is 58.9 Å². The van der Waals surface area contributed by atoms with E-state index in [0.717, 1.165) is 15.6 Å². The lowest BCUT2D eigenvalue weighted by molar-refractivity contribution is -0.116. The first kappa shape index (κ1) is 21.5. The minimum Gasteiger partial charge on any atom is -0.339 e. The number of hydrogen-bond acceptors (Lipinski definition) is 7. The van der Waals surface area contributed by atoms with Crippen LogP contribution in [0.25, 0.3) is 11.3 Å². The third-order valence-corrected chi connectivity index (χ3v) is 6.46. The van der Waals surface area contributed by atoms with Crippen LogP contribution in [-0.4, -0.2) is 21.0 Å². The van der Waals surface area contributed by atoms with Gasteiger partial charge in [-0.05, 0) is 18.2 Å². The average molecular weight is 475 g/mol. The predicted octanol–water partition coefficient (Wildman–Crippen LogP) is 5.85. The molecule has 158 valence electrons. The minimum absolute atomic E-state index is 0.0482. The molecule has 4 aromatic rings. The zero-order chi connectivity index (χ0) is 21.6. The highest BCUT2D eigenvalue weighted by atomic mass is 35.5. The molecule has 0 aliphatic carbocycles. The van der Waals surface area contributed by atoms with Gasteiger partial charge in [0, 0.05) is 29.5 Å². The molecule has 2 aromatic heterocycles. The zero-order valence-electron chi connectivity index (χ0n) is 16.0. The summed E-state index contributed by atoms with van der Waals surface area (Å²) in [4.78, 5) is 21.0. The number of nitrogens with one attached hydrogen (secondary N) is 1. The van der Waals surface area contributed by atoms with Gasteiger partial charge in [0.05, 0.1) is 16.5 Å². The molecule has 0 atom stereocenters. The van der Waals surface area contributed by atoms with Gasteiger partial charge in [-0.25, -0.2) is 9.37 Å². The number of aromatic nitrogens is 3. The summed E-state index contributed by atoms with van der Waals surface area (Å²) >= 11 is 8.81.